The maximum atomic E-state index is 12.4. The third-order valence-corrected chi connectivity index (χ3v) is 3.87. The minimum Gasteiger partial charge on any atom is -0.308 e. The van der Waals surface area contributed by atoms with E-state index < -0.39 is 0 Å². The third-order valence-electron chi connectivity index (χ3n) is 3.63. The summed E-state index contributed by atoms with van der Waals surface area (Å²) in [7, 11) is 1.76. The average molecular weight is 308 g/mol. The van der Waals surface area contributed by atoms with Crippen molar-refractivity contribution in [2.75, 3.05) is 6.54 Å². The second-order valence-corrected chi connectivity index (χ2v) is 6.29. The summed E-state index contributed by atoms with van der Waals surface area (Å²) in [6.45, 7) is 7.32. The SMILES string of the molecule is CC(C)CCN[C@H](C)c1nc2cc(Cl)ccc2c(=O)n1C. The molecule has 0 aliphatic carbocycles. The van der Waals surface area contributed by atoms with Gasteiger partial charge in [-0.05, 0) is 44.0 Å². The second-order valence-electron chi connectivity index (χ2n) is 5.85. The molecule has 0 aliphatic heterocycles. The normalized spacial score (nSPS) is 13.0. The highest BCUT2D eigenvalue weighted by molar-refractivity contribution is 6.31. The Bertz CT molecular complexity index is 694. The summed E-state index contributed by atoms with van der Waals surface area (Å²) in [6.07, 6.45) is 1.09. The van der Waals surface area contributed by atoms with Crippen LogP contribution < -0.4 is 10.9 Å². The fraction of sp³-hybridized carbons (Fsp3) is 0.500. The lowest BCUT2D eigenvalue weighted by Crippen LogP contribution is -2.30. The van der Waals surface area contributed by atoms with Crippen LogP contribution in [0.1, 0.15) is 39.1 Å². The summed E-state index contributed by atoms with van der Waals surface area (Å²) < 4.78 is 1.61. The molecule has 0 bridgehead atoms. The highest BCUT2D eigenvalue weighted by Gasteiger charge is 2.14. The molecule has 1 heterocycles. The predicted molar refractivity (Wildman–Crippen MR) is 87.9 cm³/mol. The van der Waals surface area contributed by atoms with Gasteiger partial charge in [-0.15, -0.1) is 0 Å². The number of nitrogens with one attached hydrogen (secondary N) is 1. The molecule has 1 aromatic heterocycles. The zero-order chi connectivity index (χ0) is 15.6. The number of halogens is 1. The maximum absolute atomic E-state index is 12.4. The largest absolute Gasteiger partial charge is 0.308 e. The van der Waals surface area contributed by atoms with E-state index in [4.69, 9.17) is 11.6 Å². The molecule has 0 radical (unpaired) electrons. The van der Waals surface area contributed by atoms with Gasteiger partial charge in [-0.1, -0.05) is 25.4 Å². The Hall–Kier alpha value is -1.39. The van der Waals surface area contributed by atoms with Crippen LogP contribution in [0.4, 0.5) is 0 Å². The predicted octanol–water partition coefficient (Wildman–Crippen LogP) is 3.28. The van der Waals surface area contributed by atoms with Crippen LogP contribution in [0.3, 0.4) is 0 Å². The van der Waals surface area contributed by atoms with Crippen molar-refractivity contribution in [1.29, 1.82) is 0 Å². The van der Waals surface area contributed by atoms with E-state index in [0.29, 0.717) is 21.8 Å². The molecule has 0 saturated carbocycles. The van der Waals surface area contributed by atoms with Gasteiger partial charge in [0.1, 0.15) is 5.82 Å². The summed E-state index contributed by atoms with van der Waals surface area (Å²) >= 11 is 6.00. The first-order valence-corrected chi connectivity index (χ1v) is 7.67. The Labute approximate surface area is 130 Å². The number of nitrogens with zero attached hydrogens (tertiary/aromatic N) is 2. The van der Waals surface area contributed by atoms with Crippen molar-refractivity contribution in [3.63, 3.8) is 0 Å². The van der Waals surface area contributed by atoms with E-state index in [1.165, 1.54) is 0 Å². The van der Waals surface area contributed by atoms with E-state index in [2.05, 4.69) is 24.1 Å². The fourth-order valence-corrected chi connectivity index (χ4v) is 2.49. The van der Waals surface area contributed by atoms with Gasteiger partial charge in [0.25, 0.3) is 5.56 Å². The van der Waals surface area contributed by atoms with Gasteiger partial charge in [-0.25, -0.2) is 4.98 Å². The van der Waals surface area contributed by atoms with Gasteiger partial charge >= 0.3 is 0 Å². The van der Waals surface area contributed by atoms with Crippen molar-refractivity contribution in [3.05, 3.63) is 39.4 Å². The topological polar surface area (TPSA) is 46.9 Å². The van der Waals surface area contributed by atoms with Crippen molar-refractivity contribution in [1.82, 2.24) is 14.9 Å². The molecule has 2 aromatic rings. The van der Waals surface area contributed by atoms with E-state index in [0.717, 1.165) is 18.8 Å². The van der Waals surface area contributed by atoms with Crippen molar-refractivity contribution in [2.24, 2.45) is 13.0 Å². The summed E-state index contributed by atoms with van der Waals surface area (Å²) in [6, 6.07) is 5.21. The van der Waals surface area contributed by atoms with Crippen LogP contribution in [0.25, 0.3) is 10.9 Å². The Morgan fingerprint density at radius 1 is 1.33 bits per heavy atom. The molecule has 0 fully saturated rings. The Morgan fingerprint density at radius 2 is 2.05 bits per heavy atom. The van der Waals surface area contributed by atoms with Gasteiger partial charge in [0, 0.05) is 12.1 Å². The average Bonchev–Trinajstić information content (AvgIpc) is 2.42. The zero-order valence-electron chi connectivity index (χ0n) is 13.0. The lowest BCUT2D eigenvalue weighted by Gasteiger charge is -2.17. The van der Waals surface area contributed by atoms with E-state index in [-0.39, 0.29) is 11.6 Å². The lowest BCUT2D eigenvalue weighted by atomic mass is 10.1. The smallest absolute Gasteiger partial charge is 0.261 e. The highest BCUT2D eigenvalue weighted by Crippen LogP contribution is 2.17. The van der Waals surface area contributed by atoms with Gasteiger partial charge in [-0.3, -0.25) is 9.36 Å². The first-order chi connectivity index (χ1) is 9.90. The fourth-order valence-electron chi connectivity index (χ4n) is 2.33. The molecule has 0 spiro atoms. The molecule has 21 heavy (non-hydrogen) atoms. The molecule has 0 unspecified atom stereocenters. The Kier molecular flexibility index (Phi) is 5.01. The third kappa shape index (κ3) is 3.63. The number of hydrogen-bond acceptors (Lipinski definition) is 3. The standard InChI is InChI=1S/C16H22ClN3O/c1-10(2)7-8-18-11(3)15-19-14-9-12(17)5-6-13(14)16(21)20(15)4/h5-6,9-11,18H,7-8H2,1-4H3/t11-/m1/s1. The minimum atomic E-state index is -0.0378. The van der Waals surface area contributed by atoms with Crippen molar-refractivity contribution >= 4 is 22.5 Å². The van der Waals surface area contributed by atoms with Gasteiger partial charge in [-0.2, -0.15) is 0 Å². The molecular formula is C16H22ClN3O. The van der Waals surface area contributed by atoms with Gasteiger partial charge < -0.3 is 5.32 Å². The molecule has 0 saturated heterocycles. The molecule has 2 rings (SSSR count). The van der Waals surface area contributed by atoms with Gasteiger partial charge in [0.2, 0.25) is 0 Å². The first kappa shape index (κ1) is 16.0. The monoisotopic (exact) mass is 307 g/mol. The first-order valence-electron chi connectivity index (χ1n) is 7.29. The number of fused-ring (bicyclic) bond motifs is 1. The van der Waals surface area contributed by atoms with Crippen molar-refractivity contribution < 1.29 is 0 Å². The van der Waals surface area contributed by atoms with E-state index in [1.807, 2.05) is 6.92 Å². The minimum absolute atomic E-state index is 0.0184. The lowest BCUT2D eigenvalue weighted by molar-refractivity contribution is 0.473. The van der Waals surface area contributed by atoms with E-state index >= 15 is 0 Å². The van der Waals surface area contributed by atoms with Crippen LogP contribution in [0.15, 0.2) is 23.0 Å². The van der Waals surface area contributed by atoms with Crippen molar-refractivity contribution in [2.45, 2.75) is 33.2 Å². The number of hydrogen-bond donors (Lipinski definition) is 1. The molecule has 0 aliphatic rings. The summed E-state index contributed by atoms with van der Waals surface area (Å²) in [5.74, 6) is 1.38. The maximum Gasteiger partial charge on any atom is 0.261 e. The Balaban J connectivity index is 2.35. The number of benzene rings is 1. The molecule has 0 amide bonds. The van der Waals surface area contributed by atoms with Crippen LogP contribution in [-0.2, 0) is 7.05 Å². The van der Waals surface area contributed by atoms with E-state index in [1.54, 1.807) is 29.8 Å². The van der Waals surface area contributed by atoms with Gasteiger partial charge in [0.15, 0.2) is 0 Å². The molecule has 5 heteroatoms. The molecule has 1 aromatic carbocycles. The van der Waals surface area contributed by atoms with Crippen LogP contribution in [0.5, 0.6) is 0 Å². The van der Waals surface area contributed by atoms with Gasteiger partial charge in [0.05, 0.1) is 16.9 Å². The van der Waals surface area contributed by atoms with Crippen LogP contribution in [-0.4, -0.2) is 16.1 Å². The summed E-state index contributed by atoms with van der Waals surface area (Å²) in [5.41, 5.74) is 0.613. The van der Waals surface area contributed by atoms with Crippen LogP contribution in [0.2, 0.25) is 5.02 Å². The van der Waals surface area contributed by atoms with E-state index in [9.17, 15) is 4.79 Å². The van der Waals surface area contributed by atoms with Crippen LogP contribution in [0, 0.1) is 5.92 Å². The zero-order valence-corrected chi connectivity index (χ0v) is 13.7. The summed E-state index contributed by atoms with van der Waals surface area (Å²) in [5, 5.41) is 4.61. The van der Waals surface area contributed by atoms with Crippen LogP contribution >= 0.6 is 11.6 Å². The molecule has 114 valence electrons. The molecule has 4 nitrogen and oxygen atoms in total. The second kappa shape index (κ2) is 6.58. The highest BCUT2D eigenvalue weighted by atomic mass is 35.5. The van der Waals surface area contributed by atoms with Crippen molar-refractivity contribution in [3.8, 4) is 0 Å². The number of rotatable bonds is 5. The molecule has 1 N–H and O–H groups in total. The molecule has 1 atom stereocenters. The summed E-state index contributed by atoms with van der Waals surface area (Å²) in [4.78, 5) is 17.0. The molecular weight excluding hydrogens is 286 g/mol. The number of aromatic nitrogens is 2. The quantitative estimate of drug-likeness (QED) is 0.922. The Morgan fingerprint density at radius 3 is 2.71 bits per heavy atom.